The van der Waals surface area contributed by atoms with Crippen LogP contribution in [0.5, 0.6) is 0 Å². The minimum absolute atomic E-state index is 0.164. The van der Waals surface area contributed by atoms with E-state index in [0.717, 1.165) is 19.3 Å². The Morgan fingerprint density at radius 1 is 1.32 bits per heavy atom. The van der Waals surface area contributed by atoms with Crippen molar-refractivity contribution in [1.82, 2.24) is 4.90 Å². The number of aliphatic hydroxyl groups is 1. The first-order chi connectivity index (χ1) is 8.97. The van der Waals surface area contributed by atoms with Crippen molar-refractivity contribution in [3.05, 3.63) is 12.7 Å². The second kappa shape index (κ2) is 7.28. The Hall–Kier alpha value is -1.36. The largest absolute Gasteiger partial charge is 0.481 e. The van der Waals surface area contributed by atoms with Crippen LogP contribution < -0.4 is 0 Å². The number of aliphatic hydroxyl groups excluding tert-OH is 1. The number of carboxylic acids is 1. The molecular formula is C14H23NO4. The molecule has 19 heavy (non-hydrogen) atoms. The highest BCUT2D eigenvalue weighted by atomic mass is 16.4. The van der Waals surface area contributed by atoms with Gasteiger partial charge in [-0.2, -0.15) is 0 Å². The summed E-state index contributed by atoms with van der Waals surface area (Å²) < 4.78 is 0. The number of allylic oxidation sites excluding steroid dienone is 1. The zero-order valence-electron chi connectivity index (χ0n) is 11.4. The Balaban J connectivity index is 2.50. The molecule has 3 atom stereocenters. The minimum atomic E-state index is -0.991. The highest BCUT2D eigenvalue weighted by Gasteiger charge is 2.43. The van der Waals surface area contributed by atoms with Crippen LogP contribution in [0.2, 0.25) is 0 Å². The molecule has 0 aromatic carbocycles. The average molecular weight is 269 g/mol. The number of rotatable bonds is 7. The molecule has 1 saturated carbocycles. The predicted molar refractivity (Wildman–Crippen MR) is 71.5 cm³/mol. The van der Waals surface area contributed by atoms with Gasteiger partial charge in [-0.25, -0.2) is 0 Å². The Morgan fingerprint density at radius 2 is 1.95 bits per heavy atom. The van der Waals surface area contributed by atoms with E-state index < -0.39 is 23.9 Å². The standard InChI is InChI=1S/C14H23NO4/c1-3-4-5-6-7-15(2)13(17)11-8-10(16)9-12(11)14(18)19/h3,10-12,16H,1,4-9H2,2H3,(H,18,19)/t10?,11?,12-/m1/s1. The van der Waals surface area contributed by atoms with Gasteiger partial charge in [-0.3, -0.25) is 9.59 Å². The van der Waals surface area contributed by atoms with Crippen LogP contribution in [0.3, 0.4) is 0 Å². The summed E-state index contributed by atoms with van der Waals surface area (Å²) in [5.41, 5.74) is 0. The van der Waals surface area contributed by atoms with Crippen molar-refractivity contribution in [3.8, 4) is 0 Å². The minimum Gasteiger partial charge on any atom is -0.481 e. The van der Waals surface area contributed by atoms with Gasteiger partial charge in [-0.05, 0) is 32.1 Å². The van der Waals surface area contributed by atoms with Crippen molar-refractivity contribution in [2.24, 2.45) is 11.8 Å². The van der Waals surface area contributed by atoms with E-state index in [1.165, 1.54) is 0 Å². The predicted octanol–water partition coefficient (Wildman–Crippen LogP) is 1.27. The van der Waals surface area contributed by atoms with Gasteiger partial charge in [-0.15, -0.1) is 6.58 Å². The Kier molecular flexibility index (Phi) is 6.02. The fourth-order valence-corrected chi connectivity index (χ4v) is 2.59. The van der Waals surface area contributed by atoms with Gasteiger partial charge in [0.15, 0.2) is 0 Å². The number of carboxylic acid groups (broad SMARTS) is 1. The topological polar surface area (TPSA) is 77.8 Å². The maximum absolute atomic E-state index is 12.2. The maximum atomic E-state index is 12.2. The molecule has 1 rings (SSSR count). The molecule has 5 nitrogen and oxygen atoms in total. The molecule has 2 N–H and O–H groups in total. The van der Waals surface area contributed by atoms with Gasteiger partial charge >= 0.3 is 5.97 Å². The summed E-state index contributed by atoms with van der Waals surface area (Å²) in [5.74, 6) is -2.49. The van der Waals surface area contributed by atoms with Crippen molar-refractivity contribution in [2.45, 2.75) is 38.2 Å². The summed E-state index contributed by atoms with van der Waals surface area (Å²) in [6, 6.07) is 0. The first-order valence-electron chi connectivity index (χ1n) is 6.74. The Morgan fingerprint density at radius 3 is 2.53 bits per heavy atom. The number of aliphatic carboxylic acids is 1. The lowest BCUT2D eigenvalue weighted by atomic mass is 9.95. The van der Waals surface area contributed by atoms with E-state index in [1.807, 2.05) is 6.08 Å². The third kappa shape index (κ3) is 4.35. The highest BCUT2D eigenvalue weighted by molar-refractivity contribution is 5.85. The first-order valence-corrected chi connectivity index (χ1v) is 6.74. The van der Waals surface area contributed by atoms with E-state index in [9.17, 15) is 14.7 Å². The van der Waals surface area contributed by atoms with Crippen molar-refractivity contribution in [1.29, 1.82) is 0 Å². The molecule has 0 aromatic heterocycles. The molecule has 1 amide bonds. The van der Waals surface area contributed by atoms with E-state index >= 15 is 0 Å². The molecule has 1 aliphatic carbocycles. The molecular weight excluding hydrogens is 246 g/mol. The average Bonchev–Trinajstić information content (AvgIpc) is 2.75. The van der Waals surface area contributed by atoms with Crippen molar-refractivity contribution >= 4 is 11.9 Å². The van der Waals surface area contributed by atoms with Crippen molar-refractivity contribution in [3.63, 3.8) is 0 Å². The van der Waals surface area contributed by atoms with Crippen LogP contribution in [-0.4, -0.2) is 46.7 Å². The van der Waals surface area contributed by atoms with E-state index in [4.69, 9.17) is 5.11 Å². The zero-order chi connectivity index (χ0) is 14.4. The fraction of sp³-hybridized carbons (Fsp3) is 0.714. The number of nitrogens with zero attached hydrogens (tertiary/aromatic N) is 1. The highest BCUT2D eigenvalue weighted by Crippen LogP contribution is 2.33. The normalized spacial score (nSPS) is 26.1. The van der Waals surface area contributed by atoms with Crippen LogP contribution in [0, 0.1) is 11.8 Å². The van der Waals surface area contributed by atoms with Gasteiger partial charge in [0.1, 0.15) is 0 Å². The van der Waals surface area contributed by atoms with Gasteiger partial charge < -0.3 is 15.1 Å². The summed E-state index contributed by atoms with van der Waals surface area (Å²) in [4.78, 5) is 24.9. The summed E-state index contributed by atoms with van der Waals surface area (Å²) >= 11 is 0. The van der Waals surface area contributed by atoms with E-state index in [-0.39, 0.29) is 18.7 Å². The molecule has 5 heteroatoms. The number of carbonyl (C=O) groups excluding carboxylic acids is 1. The van der Waals surface area contributed by atoms with Crippen LogP contribution in [0.25, 0.3) is 0 Å². The lowest BCUT2D eigenvalue weighted by Gasteiger charge is -2.23. The van der Waals surface area contributed by atoms with Crippen molar-refractivity contribution < 1.29 is 19.8 Å². The molecule has 1 aliphatic rings. The van der Waals surface area contributed by atoms with Crippen LogP contribution in [0.4, 0.5) is 0 Å². The monoisotopic (exact) mass is 269 g/mol. The second-order valence-electron chi connectivity index (χ2n) is 5.22. The maximum Gasteiger partial charge on any atom is 0.307 e. The van der Waals surface area contributed by atoms with E-state index in [2.05, 4.69) is 6.58 Å². The molecule has 0 bridgehead atoms. The van der Waals surface area contributed by atoms with Crippen LogP contribution in [0.1, 0.15) is 32.1 Å². The number of amides is 1. The summed E-state index contributed by atoms with van der Waals surface area (Å²) in [7, 11) is 1.69. The molecule has 0 spiro atoms. The second-order valence-corrected chi connectivity index (χ2v) is 5.22. The third-order valence-corrected chi connectivity index (χ3v) is 3.70. The zero-order valence-corrected chi connectivity index (χ0v) is 11.4. The Labute approximate surface area is 113 Å². The SMILES string of the molecule is C=CCCCCN(C)C(=O)C1CC(O)C[C@H]1C(=O)O. The fourth-order valence-electron chi connectivity index (χ4n) is 2.59. The molecule has 0 radical (unpaired) electrons. The summed E-state index contributed by atoms with van der Waals surface area (Å²) in [6.07, 6.45) is 4.36. The number of hydrogen-bond acceptors (Lipinski definition) is 3. The molecule has 0 heterocycles. The van der Waals surface area contributed by atoms with Gasteiger partial charge in [-0.1, -0.05) is 6.08 Å². The van der Waals surface area contributed by atoms with Crippen LogP contribution in [-0.2, 0) is 9.59 Å². The lowest BCUT2D eigenvalue weighted by molar-refractivity contribution is -0.148. The van der Waals surface area contributed by atoms with Gasteiger partial charge in [0.05, 0.1) is 17.9 Å². The van der Waals surface area contributed by atoms with E-state index in [0.29, 0.717) is 6.54 Å². The molecule has 2 unspecified atom stereocenters. The smallest absolute Gasteiger partial charge is 0.307 e. The molecule has 0 aliphatic heterocycles. The molecule has 1 fully saturated rings. The van der Waals surface area contributed by atoms with Gasteiger partial charge in [0, 0.05) is 13.6 Å². The summed E-state index contributed by atoms with van der Waals surface area (Å²) in [6.45, 7) is 4.26. The molecule has 0 saturated heterocycles. The van der Waals surface area contributed by atoms with Crippen LogP contribution in [0.15, 0.2) is 12.7 Å². The van der Waals surface area contributed by atoms with Crippen LogP contribution >= 0.6 is 0 Å². The lowest BCUT2D eigenvalue weighted by Crippen LogP contribution is -2.37. The Bertz CT molecular complexity index is 342. The van der Waals surface area contributed by atoms with Crippen molar-refractivity contribution in [2.75, 3.05) is 13.6 Å². The molecule has 108 valence electrons. The number of unbranched alkanes of at least 4 members (excludes halogenated alkanes) is 2. The van der Waals surface area contributed by atoms with Gasteiger partial charge in [0.25, 0.3) is 0 Å². The number of carbonyl (C=O) groups is 2. The first kappa shape index (κ1) is 15.7. The molecule has 0 aromatic rings. The van der Waals surface area contributed by atoms with E-state index in [1.54, 1.807) is 11.9 Å². The van der Waals surface area contributed by atoms with Gasteiger partial charge in [0.2, 0.25) is 5.91 Å². The number of hydrogen-bond donors (Lipinski definition) is 2. The summed E-state index contributed by atoms with van der Waals surface area (Å²) in [5, 5.41) is 18.6. The third-order valence-electron chi connectivity index (χ3n) is 3.70. The quantitative estimate of drug-likeness (QED) is 0.539.